The summed E-state index contributed by atoms with van der Waals surface area (Å²) in [6.45, 7) is 7.26. The van der Waals surface area contributed by atoms with Gasteiger partial charge in [-0.15, -0.1) is 0 Å². The summed E-state index contributed by atoms with van der Waals surface area (Å²) in [5, 5.41) is 0. The van der Waals surface area contributed by atoms with E-state index in [-0.39, 0.29) is 5.91 Å². The zero-order chi connectivity index (χ0) is 12.7. The lowest BCUT2D eigenvalue weighted by molar-refractivity contribution is -0.127. The molecular weight excluding hydrogens is 214 g/mol. The molecular formula is C14H19NO2. The Kier molecular flexibility index (Phi) is 5.47. The largest absolute Gasteiger partial charge is 0.380 e. The summed E-state index contributed by atoms with van der Waals surface area (Å²) < 4.78 is 5.28. The molecule has 0 aromatic rings. The van der Waals surface area contributed by atoms with E-state index in [4.69, 9.17) is 4.74 Å². The van der Waals surface area contributed by atoms with Gasteiger partial charge in [0.2, 0.25) is 5.91 Å². The third-order valence-corrected chi connectivity index (χ3v) is 2.39. The predicted molar refractivity (Wildman–Crippen MR) is 68.4 cm³/mol. The summed E-state index contributed by atoms with van der Waals surface area (Å²) in [6, 6.07) is 0. The van der Waals surface area contributed by atoms with Gasteiger partial charge in [-0.3, -0.25) is 4.79 Å². The second kappa shape index (κ2) is 6.89. The van der Waals surface area contributed by atoms with Crippen LogP contribution in [0.5, 0.6) is 0 Å². The summed E-state index contributed by atoms with van der Waals surface area (Å²) in [5.74, 6) is 0.00607. The van der Waals surface area contributed by atoms with Crippen molar-refractivity contribution in [3.05, 3.63) is 41.3 Å². The van der Waals surface area contributed by atoms with Crippen LogP contribution in [0.3, 0.4) is 0 Å². The van der Waals surface area contributed by atoms with Crippen LogP contribution in [-0.2, 0) is 9.53 Å². The minimum atomic E-state index is 0.00607. The van der Waals surface area contributed by atoms with Crippen LogP contribution >= 0.6 is 0 Å². The van der Waals surface area contributed by atoms with Crippen LogP contribution < -0.4 is 0 Å². The van der Waals surface area contributed by atoms with Crippen LogP contribution in [0.2, 0.25) is 0 Å². The molecule has 3 heteroatoms. The maximum atomic E-state index is 11.6. The van der Waals surface area contributed by atoms with Crippen LogP contribution in [0, 0.1) is 0 Å². The van der Waals surface area contributed by atoms with Crippen molar-refractivity contribution in [2.24, 2.45) is 0 Å². The van der Waals surface area contributed by atoms with Crippen LogP contribution in [0.15, 0.2) is 41.3 Å². The molecule has 0 fully saturated rings. The summed E-state index contributed by atoms with van der Waals surface area (Å²) in [7, 11) is 0. The van der Waals surface area contributed by atoms with E-state index in [0.29, 0.717) is 19.8 Å². The fourth-order valence-corrected chi connectivity index (χ4v) is 1.54. The van der Waals surface area contributed by atoms with Gasteiger partial charge in [0.15, 0.2) is 0 Å². The van der Waals surface area contributed by atoms with Crippen molar-refractivity contribution in [2.45, 2.75) is 20.8 Å². The smallest absolute Gasteiger partial charge is 0.224 e. The van der Waals surface area contributed by atoms with Crippen molar-refractivity contribution in [2.75, 3.05) is 19.8 Å². The number of amides is 1. The maximum absolute atomic E-state index is 11.6. The van der Waals surface area contributed by atoms with Gasteiger partial charge in [-0.05, 0) is 31.6 Å². The number of hydrogen-bond acceptors (Lipinski definition) is 2. The number of nitrogens with zero attached hydrogens (tertiary/aromatic N) is 1. The lowest BCUT2D eigenvalue weighted by Gasteiger charge is -2.20. The Hall–Kier alpha value is -1.57. The Balaban J connectivity index is 2.81. The number of carbonyl (C=O) groups excluding carboxylic acids is 1. The molecule has 1 amide bonds. The van der Waals surface area contributed by atoms with Crippen LogP contribution in [0.1, 0.15) is 20.8 Å². The van der Waals surface area contributed by atoms with Crippen LogP contribution in [0.4, 0.5) is 0 Å². The molecule has 17 heavy (non-hydrogen) atoms. The van der Waals surface area contributed by atoms with Gasteiger partial charge in [-0.25, -0.2) is 0 Å². The third-order valence-electron chi connectivity index (χ3n) is 2.39. The third kappa shape index (κ3) is 4.43. The van der Waals surface area contributed by atoms with Crippen molar-refractivity contribution < 1.29 is 9.53 Å². The highest BCUT2D eigenvalue weighted by Crippen LogP contribution is 2.11. The molecule has 1 aliphatic rings. The number of ether oxygens (including phenoxy) is 1. The molecule has 0 unspecified atom stereocenters. The number of rotatable bonds is 5. The zero-order valence-electron chi connectivity index (χ0n) is 10.7. The first-order valence-corrected chi connectivity index (χ1v) is 5.82. The molecule has 1 aliphatic carbocycles. The van der Waals surface area contributed by atoms with Crippen LogP contribution in [0.25, 0.3) is 0 Å². The molecule has 0 radical (unpaired) electrons. The van der Waals surface area contributed by atoms with Gasteiger partial charge in [0.25, 0.3) is 0 Å². The van der Waals surface area contributed by atoms with Gasteiger partial charge in [0.05, 0.1) is 12.3 Å². The monoisotopic (exact) mass is 233 g/mol. The predicted octanol–water partition coefficient (Wildman–Crippen LogP) is 2.43. The lowest BCUT2D eigenvalue weighted by Crippen LogP contribution is -2.30. The Morgan fingerprint density at radius 2 is 2.29 bits per heavy atom. The Bertz CT molecular complexity index is 398. The van der Waals surface area contributed by atoms with Crippen molar-refractivity contribution in [1.82, 2.24) is 4.90 Å². The fraction of sp³-hybridized carbons (Fsp3) is 0.429. The Morgan fingerprint density at radius 1 is 1.53 bits per heavy atom. The molecule has 0 N–H and O–H groups in total. The fourth-order valence-electron chi connectivity index (χ4n) is 1.54. The molecule has 0 saturated heterocycles. The summed E-state index contributed by atoms with van der Waals surface area (Å²) in [4.78, 5) is 13.3. The summed E-state index contributed by atoms with van der Waals surface area (Å²) in [6.07, 6.45) is 7.67. The van der Waals surface area contributed by atoms with E-state index in [9.17, 15) is 4.79 Å². The van der Waals surface area contributed by atoms with Gasteiger partial charge in [-0.1, -0.05) is 17.9 Å². The Labute approximate surface area is 103 Å². The lowest BCUT2D eigenvalue weighted by atomic mass is 10.2. The first-order chi connectivity index (χ1) is 8.15. The van der Waals surface area contributed by atoms with E-state index >= 15 is 0 Å². The van der Waals surface area contributed by atoms with Crippen LogP contribution in [-0.4, -0.2) is 30.6 Å². The standard InChI is InChI=1S/C14H19NO2/c1-4-17-10-9-15(13(3)16)14-8-6-5-7-12(2)11-14/h5-7,11H,4,9-10H2,1-3H3. The van der Waals surface area contributed by atoms with E-state index in [2.05, 4.69) is 5.73 Å². The van der Waals surface area contributed by atoms with Crippen molar-refractivity contribution >= 4 is 5.91 Å². The molecule has 0 atom stereocenters. The van der Waals surface area contributed by atoms with E-state index in [1.165, 1.54) is 0 Å². The van der Waals surface area contributed by atoms with E-state index in [1.54, 1.807) is 11.8 Å². The van der Waals surface area contributed by atoms with Crippen molar-refractivity contribution in [3.63, 3.8) is 0 Å². The van der Waals surface area contributed by atoms with Crippen molar-refractivity contribution in [1.29, 1.82) is 0 Å². The first kappa shape index (κ1) is 13.5. The molecule has 0 saturated carbocycles. The van der Waals surface area contributed by atoms with Crippen molar-refractivity contribution in [3.8, 4) is 0 Å². The van der Waals surface area contributed by atoms with Gasteiger partial charge in [0.1, 0.15) is 0 Å². The second-order valence-electron chi connectivity index (χ2n) is 3.81. The molecule has 92 valence electrons. The average Bonchev–Trinajstić information content (AvgIpc) is 2.48. The molecule has 0 aromatic carbocycles. The molecule has 3 nitrogen and oxygen atoms in total. The highest BCUT2D eigenvalue weighted by molar-refractivity contribution is 5.76. The zero-order valence-corrected chi connectivity index (χ0v) is 10.7. The minimum absolute atomic E-state index is 0.00607. The van der Waals surface area contributed by atoms with E-state index in [0.717, 1.165) is 11.3 Å². The molecule has 0 heterocycles. The highest BCUT2D eigenvalue weighted by atomic mass is 16.5. The van der Waals surface area contributed by atoms with E-state index in [1.807, 2.05) is 38.2 Å². The molecule has 0 aromatic heterocycles. The van der Waals surface area contributed by atoms with Gasteiger partial charge >= 0.3 is 0 Å². The first-order valence-electron chi connectivity index (χ1n) is 5.82. The SMILES string of the molecule is CCOCCN(C(C)=O)C1=C=CC=CC(C)=C1. The van der Waals surface area contributed by atoms with Gasteiger partial charge in [-0.2, -0.15) is 0 Å². The molecule has 1 rings (SSSR count). The van der Waals surface area contributed by atoms with Gasteiger partial charge < -0.3 is 9.64 Å². The Morgan fingerprint density at radius 3 is 2.94 bits per heavy atom. The normalized spacial score (nSPS) is 14.1. The summed E-state index contributed by atoms with van der Waals surface area (Å²) in [5.41, 5.74) is 4.99. The highest BCUT2D eigenvalue weighted by Gasteiger charge is 2.12. The molecule has 0 bridgehead atoms. The topological polar surface area (TPSA) is 29.5 Å². The number of allylic oxidation sites excluding steroid dienone is 4. The molecule has 0 spiro atoms. The average molecular weight is 233 g/mol. The van der Waals surface area contributed by atoms with E-state index < -0.39 is 0 Å². The number of hydrogen-bond donors (Lipinski definition) is 0. The molecule has 0 aliphatic heterocycles. The summed E-state index contributed by atoms with van der Waals surface area (Å²) >= 11 is 0. The number of carbonyl (C=O) groups is 1. The van der Waals surface area contributed by atoms with Gasteiger partial charge in [0, 0.05) is 20.1 Å². The second-order valence-corrected chi connectivity index (χ2v) is 3.81. The maximum Gasteiger partial charge on any atom is 0.224 e. The quantitative estimate of drug-likeness (QED) is 0.539. The minimum Gasteiger partial charge on any atom is -0.380 e.